The lowest BCUT2D eigenvalue weighted by Crippen LogP contribution is -2.24. The quantitative estimate of drug-likeness (QED) is 0.451. The average Bonchev–Trinajstić information content (AvgIpc) is 2.81. The Hall–Kier alpha value is -3.91. The molecule has 4 aromatic rings. The molecule has 0 saturated heterocycles. The minimum atomic E-state index is -1.18. The van der Waals surface area contributed by atoms with Gasteiger partial charge in [-0.05, 0) is 71.4 Å². The molecular weight excluding hydrogens is 442 g/mol. The Morgan fingerprint density at radius 3 is 2.49 bits per heavy atom. The first-order valence-electron chi connectivity index (χ1n) is 11.4. The number of hydrogen-bond donors (Lipinski definition) is 1. The van der Waals surface area contributed by atoms with Crippen LogP contribution in [0.4, 0.5) is 0 Å². The van der Waals surface area contributed by atoms with E-state index in [0.29, 0.717) is 34.2 Å². The zero-order valence-electron chi connectivity index (χ0n) is 20.8. The summed E-state index contributed by atoms with van der Waals surface area (Å²) in [6.07, 6.45) is 3.30. The molecule has 0 unspecified atom stereocenters. The molecule has 0 fully saturated rings. The molecule has 0 amide bonds. The average molecular weight is 472 g/mol. The molecule has 1 N–H and O–H groups in total. The van der Waals surface area contributed by atoms with Gasteiger partial charge in [-0.3, -0.25) is 19.3 Å². The number of rotatable bonds is 6. The molecule has 4 aromatic heterocycles. The van der Waals surface area contributed by atoms with Crippen molar-refractivity contribution in [3.63, 3.8) is 0 Å². The number of aryl methyl sites for hydroxylation is 3. The maximum atomic E-state index is 13.5. The molecule has 35 heavy (non-hydrogen) atoms. The zero-order valence-corrected chi connectivity index (χ0v) is 20.8. The van der Waals surface area contributed by atoms with Crippen molar-refractivity contribution in [2.45, 2.75) is 53.8 Å². The fourth-order valence-electron chi connectivity index (χ4n) is 3.77. The predicted octanol–water partition coefficient (Wildman–Crippen LogP) is 4.12. The van der Waals surface area contributed by atoms with Gasteiger partial charge < -0.3 is 9.84 Å². The Labute approximate surface area is 204 Å². The van der Waals surface area contributed by atoms with Crippen molar-refractivity contribution < 1.29 is 9.84 Å². The number of pyridine rings is 3. The van der Waals surface area contributed by atoms with Crippen molar-refractivity contribution in [1.29, 1.82) is 0 Å². The summed E-state index contributed by atoms with van der Waals surface area (Å²) in [7, 11) is 0. The summed E-state index contributed by atoms with van der Waals surface area (Å²) < 4.78 is 7.63. The number of aliphatic hydroxyl groups is 1. The molecule has 0 saturated carbocycles. The van der Waals surface area contributed by atoms with Crippen LogP contribution in [0.2, 0.25) is 0 Å². The van der Waals surface area contributed by atoms with E-state index in [4.69, 9.17) is 4.74 Å². The Morgan fingerprint density at radius 1 is 1.00 bits per heavy atom. The molecule has 4 rings (SSSR count). The fourth-order valence-corrected chi connectivity index (χ4v) is 3.77. The van der Waals surface area contributed by atoms with Gasteiger partial charge in [0.25, 0.3) is 5.56 Å². The van der Waals surface area contributed by atoms with Crippen LogP contribution in [0.25, 0.3) is 17.1 Å². The van der Waals surface area contributed by atoms with Crippen LogP contribution in [-0.2, 0) is 12.2 Å². The zero-order chi connectivity index (χ0) is 25.3. The summed E-state index contributed by atoms with van der Waals surface area (Å²) in [5, 5.41) is 10.3. The van der Waals surface area contributed by atoms with Gasteiger partial charge in [-0.15, -0.1) is 0 Å². The first-order chi connectivity index (χ1) is 16.5. The van der Waals surface area contributed by atoms with E-state index in [1.807, 2.05) is 51.1 Å². The molecule has 0 spiro atoms. The minimum absolute atomic E-state index is 0.169. The van der Waals surface area contributed by atoms with E-state index in [-0.39, 0.29) is 12.2 Å². The maximum Gasteiger partial charge on any atom is 0.261 e. The van der Waals surface area contributed by atoms with Gasteiger partial charge in [-0.2, -0.15) is 0 Å². The van der Waals surface area contributed by atoms with Crippen molar-refractivity contribution in [2.24, 2.45) is 0 Å². The van der Waals surface area contributed by atoms with E-state index in [2.05, 4.69) is 19.9 Å². The number of hydrogen-bond acceptors (Lipinski definition) is 7. The van der Waals surface area contributed by atoms with Gasteiger partial charge in [0.15, 0.2) is 5.82 Å². The summed E-state index contributed by atoms with van der Waals surface area (Å²) in [4.78, 5) is 31.1. The lowest BCUT2D eigenvalue weighted by atomic mass is 10.1. The van der Waals surface area contributed by atoms with Gasteiger partial charge in [-0.25, -0.2) is 9.97 Å². The molecule has 4 heterocycles. The summed E-state index contributed by atoms with van der Waals surface area (Å²) in [6, 6.07) is 11.2. The second-order valence-electron chi connectivity index (χ2n) is 9.16. The first kappa shape index (κ1) is 24.2. The van der Waals surface area contributed by atoms with Crippen LogP contribution in [0.3, 0.4) is 0 Å². The third kappa shape index (κ3) is 5.12. The van der Waals surface area contributed by atoms with Crippen LogP contribution in [0.5, 0.6) is 5.75 Å². The Balaban J connectivity index is 1.72. The van der Waals surface area contributed by atoms with Crippen molar-refractivity contribution in [2.75, 3.05) is 0 Å². The molecule has 8 heteroatoms. The molecule has 0 aliphatic carbocycles. The Bertz CT molecular complexity index is 1450. The van der Waals surface area contributed by atoms with Crippen molar-refractivity contribution in [3.05, 3.63) is 93.2 Å². The third-order valence-electron chi connectivity index (χ3n) is 5.69. The lowest BCUT2D eigenvalue weighted by molar-refractivity contribution is 0.0688. The minimum Gasteiger partial charge on any atom is -0.487 e. The van der Waals surface area contributed by atoms with Crippen LogP contribution >= 0.6 is 0 Å². The summed E-state index contributed by atoms with van der Waals surface area (Å²) in [5.41, 5.74) is 4.28. The Morgan fingerprint density at radius 2 is 1.77 bits per heavy atom. The van der Waals surface area contributed by atoms with E-state index >= 15 is 0 Å². The topological polar surface area (TPSA) is 103 Å². The lowest BCUT2D eigenvalue weighted by Gasteiger charge is -2.18. The van der Waals surface area contributed by atoms with Crippen molar-refractivity contribution in [1.82, 2.24) is 24.5 Å². The SMILES string of the molecule is Cc1cccc(COc2cc(C)n(-c3cc(-c4ccnc(C(C)(C)O)n4)ncc3C)c(=O)c2C)n1. The van der Waals surface area contributed by atoms with Gasteiger partial charge >= 0.3 is 0 Å². The highest BCUT2D eigenvalue weighted by Gasteiger charge is 2.21. The van der Waals surface area contributed by atoms with E-state index in [9.17, 15) is 9.90 Å². The van der Waals surface area contributed by atoms with Crippen molar-refractivity contribution >= 4 is 0 Å². The largest absolute Gasteiger partial charge is 0.487 e. The standard InChI is InChI=1S/C27H29N5O3/c1-16-14-29-22(21-10-11-28-26(31-21)27(5,6)34)13-23(16)32-18(3)12-24(19(4)25(32)33)35-15-20-9-7-8-17(2)30-20/h7-14,34H,15H2,1-6H3. The van der Waals surface area contributed by atoms with E-state index in [1.54, 1.807) is 43.8 Å². The van der Waals surface area contributed by atoms with E-state index in [1.165, 1.54) is 0 Å². The smallest absolute Gasteiger partial charge is 0.261 e. The molecule has 0 bridgehead atoms. The second-order valence-corrected chi connectivity index (χ2v) is 9.16. The second kappa shape index (κ2) is 9.38. The van der Waals surface area contributed by atoms with Gasteiger partial charge in [0.1, 0.15) is 18.0 Å². The van der Waals surface area contributed by atoms with Crippen LogP contribution in [0.1, 0.15) is 47.9 Å². The number of nitrogens with zero attached hydrogens (tertiary/aromatic N) is 5. The predicted molar refractivity (Wildman–Crippen MR) is 134 cm³/mol. The molecule has 180 valence electrons. The monoisotopic (exact) mass is 471 g/mol. The van der Waals surface area contributed by atoms with E-state index in [0.717, 1.165) is 22.6 Å². The van der Waals surface area contributed by atoms with Gasteiger partial charge in [0.2, 0.25) is 0 Å². The normalized spacial score (nSPS) is 11.5. The van der Waals surface area contributed by atoms with Crippen molar-refractivity contribution in [3.8, 4) is 22.8 Å². The molecule has 0 atom stereocenters. The Kier molecular flexibility index (Phi) is 6.49. The van der Waals surface area contributed by atoms with Gasteiger partial charge in [0, 0.05) is 29.8 Å². The molecule has 0 radical (unpaired) electrons. The molecule has 8 nitrogen and oxygen atoms in total. The van der Waals surface area contributed by atoms with Crippen LogP contribution in [0, 0.1) is 27.7 Å². The van der Waals surface area contributed by atoms with Crippen LogP contribution in [-0.4, -0.2) is 29.6 Å². The van der Waals surface area contributed by atoms with Gasteiger partial charge in [0.05, 0.1) is 28.3 Å². The fraction of sp³-hybridized carbons (Fsp3) is 0.296. The maximum absolute atomic E-state index is 13.5. The third-order valence-corrected chi connectivity index (χ3v) is 5.69. The molecule has 0 aliphatic rings. The first-order valence-corrected chi connectivity index (χ1v) is 11.4. The van der Waals surface area contributed by atoms with Gasteiger partial charge in [-0.1, -0.05) is 6.07 Å². The highest BCUT2D eigenvalue weighted by Crippen LogP contribution is 2.25. The van der Waals surface area contributed by atoms with Crippen LogP contribution < -0.4 is 10.3 Å². The number of ether oxygens (including phenoxy) is 1. The van der Waals surface area contributed by atoms with E-state index < -0.39 is 5.60 Å². The molecule has 0 aliphatic heterocycles. The number of aromatic nitrogens is 5. The highest BCUT2D eigenvalue weighted by molar-refractivity contribution is 5.59. The summed E-state index contributed by atoms with van der Waals surface area (Å²) in [6.45, 7) is 11.0. The van der Waals surface area contributed by atoms with Crippen LogP contribution in [0.15, 0.2) is 53.6 Å². The highest BCUT2D eigenvalue weighted by atomic mass is 16.5. The molecule has 0 aromatic carbocycles. The summed E-state index contributed by atoms with van der Waals surface area (Å²) >= 11 is 0. The molecular formula is C27H29N5O3. The summed E-state index contributed by atoms with van der Waals surface area (Å²) in [5.74, 6) is 0.831.